The molecule has 0 amide bonds. The van der Waals surface area contributed by atoms with Gasteiger partial charge < -0.3 is 15.3 Å². The number of ether oxygens (including phenoxy) is 2. The summed E-state index contributed by atoms with van der Waals surface area (Å²) in [6.45, 7) is 5.93. The Morgan fingerprint density at radius 2 is 1.95 bits per heavy atom. The van der Waals surface area contributed by atoms with Crippen molar-refractivity contribution in [3.63, 3.8) is 0 Å². The molecule has 5 heteroatoms. The number of esters is 1. The van der Waals surface area contributed by atoms with Crippen LogP contribution in [0.25, 0.3) is 11.1 Å². The number of aromatic nitrogens is 1. The molecule has 0 spiro atoms. The number of hydrogen-bond donors (Lipinski definition) is 1. The Bertz CT molecular complexity index is 674. The van der Waals surface area contributed by atoms with Crippen LogP contribution < -0.4 is 10.6 Å². The maximum atomic E-state index is 12.0. The topological polar surface area (TPSA) is 66.5 Å². The second-order valence-corrected chi connectivity index (χ2v) is 4.78. The van der Waals surface area contributed by atoms with E-state index in [2.05, 4.69) is 0 Å². The minimum Gasteiger partial charge on any atom is -0.496 e. The van der Waals surface area contributed by atoms with Crippen LogP contribution in [-0.2, 0) is 4.74 Å². The summed E-state index contributed by atoms with van der Waals surface area (Å²) in [6, 6.07) is 5.80. The van der Waals surface area contributed by atoms with Gasteiger partial charge in [-0.25, -0.2) is 4.79 Å². The molecule has 1 aromatic heterocycles. The van der Waals surface area contributed by atoms with Crippen LogP contribution in [0.15, 0.2) is 24.4 Å². The molecule has 1 aromatic carbocycles. The van der Waals surface area contributed by atoms with Gasteiger partial charge in [-0.2, -0.15) is 0 Å². The Hall–Kier alpha value is -2.43. The summed E-state index contributed by atoms with van der Waals surface area (Å²) < 4.78 is 11.7. The number of carbonyl (C=O) groups is 1. The van der Waals surface area contributed by atoms with Crippen molar-refractivity contribution in [1.29, 1.82) is 0 Å². The van der Waals surface area contributed by atoms with Crippen LogP contribution in [0, 0.1) is 13.8 Å². The molecule has 112 valence electrons. The second kappa shape index (κ2) is 5.91. The quantitative estimate of drug-likeness (QED) is 0.694. The fourth-order valence-electron chi connectivity index (χ4n) is 2.48. The first-order valence-electron chi connectivity index (χ1n) is 6.79. The van der Waals surface area contributed by atoms with E-state index in [9.17, 15) is 4.79 Å². The molecule has 0 aliphatic rings. The third-order valence-electron chi connectivity index (χ3n) is 3.55. The lowest BCUT2D eigenvalue weighted by atomic mass is 9.98. The zero-order chi connectivity index (χ0) is 15.6. The molecule has 0 bridgehead atoms. The smallest absolute Gasteiger partial charge is 0.357 e. The Morgan fingerprint density at radius 3 is 2.57 bits per heavy atom. The summed E-state index contributed by atoms with van der Waals surface area (Å²) >= 11 is 0. The van der Waals surface area contributed by atoms with Gasteiger partial charge in [0, 0.05) is 11.8 Å². The molecule has 2 rings (SSSR count). The minimum atomic E-state index is -0.413. The van der Waals surface area contributed by atoms with Gasteiger partial charge in [0.25, 0.3) is 0 Å². The number of carbonyl (C=O) groups excluding carboxylic acids is 1. The third kappa shape index (κ3) is 2.59. The molecule has 0 radical (unpaired) electrons. The normalized spacial score (nSPS) is 10.5. The fraction of sp³-hybridized carbons (Fsp3) is 0.312. The van der Waals surface area contributed by atoms with E-state index in [0.717, 1.165) is 28.0 Å². The van der Waals surface area contributed by atoms with Crippen molar-refractivity contribution in [2.45, 2.75) is 20.8 Å². The predicted octanol–water partition coefficient (Wildman–Crippen LogP) is 2.67. The van der Waals surface area contributed by atoms with Gasteiger partial charge in [0.05, 0.1) is 13.7 Å². The highest BCUT2D eigenvalue weighted by atomic mass is 16.5. The van der Waals surface area contributed by atoms with Crippen molar-refractivity contribution in [1.82, 2.24) is 4.68 Å². The Kier molecular flexibility index (Phi) is 4.21. The van der Waals surface area contributed by atoms with Crippen molar-refractivity contribution in [2.24, 2.45) is 0 Å². The van der Waals surface area contributed by atoms with E-state index in [0.29, 0.717) is 12.3 Å². The molecule has 2 aromatic rings. The predicted molar refractivity (Wildman–Crippen MR) is 82.0 cm³/mol. The van der Waals surface area contributed by atoms with Crippen LogP contribution >= 0.6 is 0 Å². The van der Waals surface area contributed by atoms with Crippen molar-refractivity contribution < 1.29 is 14.3 Å². The maximum absolute atomic E-state index is 12.0. The van der Waals surface area contributed by atoms with Crippen LogP contribution in [0.2, 0.25) is 0 Å². The first-order valence-corrected chi connectivity index (χ1v) is 6.79. The molecule has 21 heavy (non-hydrogen) atoms. The highest BCUT2D eigenvalue weighted by Gasteiger charge is 2.21. The van der Waals surface area contributed by atoms with Crippen molar-refractivity contribution in [2.75, 3.05) is 19.6 Å². The molecule has 0 saturated carbocycles. The second-order valence-electron chi connectivity index (χ2n) is 4.78. The molecule has 0 fully saturated rings. The number of nitrogens with two attached hydrogens (primary N) is 1. The highest BCUT2D eigenvalue weighted by Crippen LogP contribution is 2.33. The Balaban J connectivity index is 2.57. The first-order chi connectivity index (χ1) is 10.0. The number of methoxy groups -OCH3 is 1. The number of nitrogens with zero attached hydrogens (tertiary/aromatic N) is 1. The molecule has 0 aliphatic carbocycles. The zero-order valence-electron chi connectivity index (χ0n) is 12.8. The third-order valence-corrected chi connectivity index (χ3v) is 3.55. The van der Waals surface area contributed by atoms with Crippen molar-refractivity contribution in [3.05, 3.63) is 41.2 Å². The number of hydrogen-bond acceptors (Lipinski definition) is 4. The summed E-state index contributed by atoms with van der Waals surface area (Å²) in [5.41, 5.74) is 4.06. The molecule has 0 aliphatic heterocycles. The Labute approximate surface area is 124 Å². The van der Waals surface area contributed by atoms with Gasteiger partial charge in [-0.3, -0.25) is 4.68 Å². The summed E-state index contributed by atoms with van der Waals surface area (Å²) in [5.74, 6) is 6.30. The average molecular weight is 288 g/mol. The summed E-state index contributed by atoms with van der Waals surface area (Å²) in [5, 5.41) is 0. The minimum absolute atomic E-state index is 0.316. The molecule has 2 N–H and O–H groups in total. The lowest BCUT2D eigenvalue weighted by Gasteiger charge is -2.10. The number of nitrogen functional groups attached to an aromatic ring is 1. The largest absolute Gasteiger partial charge is 0.496 e. The zero-order valence-corrected chi connectivity index (χ0v) is 12.8. The summed E-state index contributed by atoms with van der Waals surface area (Å²) in [4.78, 5) is 12.0. The monoisotopic (exact) mass is 288 g/mol. The van der Waals surface area contributed by atoms with E-state index in [1.807, 2.05) is 32.0 Å². The van der Waals surface area contributed by atoms with Gasteiger partial charge in [0.2, 0.25) is 0 Å². The van der Waals surface area contributed by atoms with Gasteiger partial charge in [-0.05, 0) is 43.5 Å². The van der Waals surface area contributed by atoms with Crippen LogP contribution in [0.4, 0.5) is 0 Å². The molecule has 0 unspecified atom stereocenters. The standard InChI is InChI=1S/C16H20N2O3/c1-5-21-16(19)15-11(3)13(9-18(15)17)12-7-6-8-14(20-4)10(12)2/h6-9H,5,17H2,1-4H3. The summed E-state index contributed by atoms with van der Waals surface area (Å²) in [6.07, 6.45) is 1.74. The van der Waals surface area contributed by atoms with Gasteiger partial charge in [0.15, 0.2) is 5.69 Å². The molecule has 0 atom stereocenters. The summed E-state index contributed by atoms with van der Waals surface area (Å²) in [7, 11) is 1.64. The SMILES string of the molecule is CCOC(=O)c1c(C)c(-c2cccc(OC)c2C)cn1N. The van der Waals surface area contributed by atoms with Crippen molar-refractivity contribution >= 4 is 5.97 Å². The van der Waals surface area contributed by atoms with Crippen LogP contribution in [0.1, 0.15) is 28.5 Å². The molecule has 1 heterocycles. The van der Waals surface area contributed by atoms with E-state index in [1.165, 1.54) is 4.68 Å². The highest BCUT2D eigenvalue weighted by molar-refractivity contribution is 5.93. The van der Waals surface area contributed by atoms with Crippen molar-refractivity contribution in [3.8, 4) is 16.9 Å². The van der Waals surface area contributed by atoms with Crippen LogP contribution in [-0.4, -0.2) is 24.4 Å². The van der Waals surface area contributed by atoms with E-state index in [1.54, 1.807) is 20.2 Å². The van der Waals surface area contributed by atoms with Gasteiger partial charge in [0.1, 0.15) is 5.75 Å². The van der Waals surface area contributed by atoms with Crippen LogP contribution in [0.3, 0.4) is 0 Å². The van der Waals surface area contributed by atoms with Gasteiger partial charge in [-0.15, -0.1) is 0 Å². The van der Waals surface area contributed by atoms with E-state index >= 15 is 0 Å². The molecule has 5 nitrogen and oxygen atoms in total. The molecular formula is C16H20N2O3. The van der Waals surface area contributed by atoms with E-state index in [4.69, 9.17) is 15.3 Å². The first kappa shape index (κ1) is 15.0. The Morgan fingerprint density at radius 1 is 1.24 bits per heavy atom. The maximum Gasteiger partial charge on any atom is 0.357 e. The lowest BCUT2D eigenvalue weighted by molar-refractivity contribution is 0.0515. The van der Waals surface area contributed by atoms with E-state index < -0.39 is 5.97 Å². The average Bonchev–Trinajstić information content (AvgIpc) is 2.74. The lowest BCUT2D eigenvalue weighted by Crippen LogP contribution is -2.18. The number of rotatable bonds is 4. The number of benzene rings is 1. The van der Waals surface area contributed by atoms with Gasteiger partial charge >= 0.3 is 5.97 Å². The molecule has 0 saturated heterocycles. The molecular weight excluding hydrogens is 268 g/mol. The van der Waals surface area contributed by atoms with E-state index in [-0.39, 0.29) is 0 Å². The fourth-order valence-corrected chi connectivity index (χ4v) is 2.48. The van der Waals surface area contributed by atoms with Crippen LogP contribution in [0.5, 0.6) is 5.75 Å². The van der Waals surface area contributed by atoms with Gasteiger partial charge in [-0.1, -0.05) is 12.1 Å².